The van der Waals surface area contributed by atoms with Gasteiger partial charge in [0.05, 0.1) is 8.80 Å². The van der Waals surface area contributed by atoms with E-state index in [1.165, 1.54) is 6.04 Å². The molecule has 0 aliphatic rings. The Hall–Kier alpha value is -1.13. The minimum Gasteiger partial charge on any atom is -0.0682 e. The lowest BCUT2D eigenvalue weighted by atomic mass is 10.4. The monoisotopic (exact) mass is 284 g/mol. The number of rotatable bonds is 4. The Balaban J connectivity index is 2.41. The highest BCUT2D eigenvalue weighted by molar-refractivity contribution is 7.01. The molecule has 0 saturated carbocycles. The molecule has 0 aliphatic heterocycles. The molecule has 2 aromatic rings. The van der Waals surface area contributed by atoms with Crippen molar-refractivity contribution in [1.82, 2.24) is 0 Å². The third-order valence-electron chi connectivity index (χ3n) is 4.33. The molecule has 2 aromatic carbocycles. The Morgan fingerprint density at radius 1 is 0.842 bits per heavy atom. The lowest BCUT2D eigenvalue weighted by Crippen LogP contribution is -2.55. The van der Waals surface area contributed by atoms with E-state index in [-0.39, 0.29) is 0 Å². The average molecular weight is 285 g/mol. The van der Waals surface area contributed by atoms with Crippen LogP contribution in [0.1, 0.15) is 6.92 Å². The summed E-state index contributed by atoms with van der Waals surface area (Å²) < 4.78 is 0. The summed E-state index contributed by atoms with van der Waals surface area (Å²) in [6.07, 6.45) is 0. The van der Waals surface area contributed by atoms with Crippen LogP contribution in [-0.4, -0.2) is 16.9 Å². The van der Waals surface area contributed by atoms with Gasteiger partial charge in [0.15, 0.2) is 0 Å². The molecule has 0 aromatic heterocycles. The third kappa shape index (κ3) is 2.90. The quantitative estimate of drug-likeness (QED) is 0.757. The smallest absolute Gasteiger partial charge is 0.0682 e. The van der Waals surface area contributed by atoms with Gasteiger partial charge < -0.3 is 0 Å². The maximum Gasteiger partial charge on any atom is 0.114 e. The third-order valence-corrected chi connectivity index (χ3v) is 10.7. The van der Waals surface area contributed by atoms with Crippen LogP contribution in [-0.2, 0) is 0 Å². The summed E-state index contributed by atoms with van der Waals surface area (Å²) in [5, 5.41) is 4.69. The topological polar surface area (TPSA) is 0 Å². The first-order chi connectivity index (χ1) is 9.08. The van der Waals surface area contributed by atoms with Crippen molar-refractivity contribution in [3.8, 4) is 0 Å². The van der Waals surface area contributed by atoms with E-state index >= 15 is 0 Å². The largest absolute Gasteiger partial charge is 0.114 e. The van der Waals surface area contributed by atoms with Crippen LogP contribution in [0.5, 0.6) is 0 Å². The van der Waals surface area contributed by atoms with Crippen molar-refractivity contribution in [3.05, 3.63) is 54.6 Å². The number of benzene rings is 2. The Bertz CT molecular complexity index is 517. The zero-order valence-corrected chi connectivity index (χ0v) is 14.6. The molecule has 0 spiro atoms. The van der Waals surface area contributed by atoms with Crippen molar-refractivity contribution < 1.29 is 0 Å². The van der Waals surface area contributed by atoms with Gasteiger partial charge in [-0.15, -0.1) is 0 Å². The summed E-state index contributed by atoms with van der Waals surface area (Å²) in [4.78, 5) is 0. The first kappa shape index (κ1) is 14.3. The first-order valence-electron chi connectivity index (χ1n) is 7.24. The highest BCUT2D eigenvalue weighted by atomic mass is 28.3. The Morgan fingerprint density at radius 3 is 1.84 bits per heavy atom. The SMILES string of the molecule is CC[Si](C)(c1ccccc1)c1ccc([SiH](C)C)cc1. The molecule has 1 unspecified atom stereocenters. The van der Waals surface area contributed by atoms with Crippen LogP contribution in [0.15, 0.2) is 54.6 Å². The van der Waals surface area contributed by atoms with E-state index in [0.717, 1.165) is 0 Å². The van der Waals surface area contributed by atoms with Gasteiger partial charge in [-0.1, -0.05) is 103 Å². The van der Waals surface area contributed by atoms with E-state index in [1.54, 1.807) is 15.6 Å². The van der Waals surface area contributed by atoms with Crippen molar-refractivity contribution in [3.63, 3.8) is 0 Å². The molecular weight excluding hydrogens is 260 g/mol. The first-order valence-corrected chi connectivity index (χ1v) is 12.8. The second-order valence-electron chi connectivity index (χ2n) is 5.83. The Morgan fingerprint density at radius 2 is 1.37 bits per heavy atom. The molecule has 0 radical (unpaired) electrons. The molecule has 2 heteroatoms. The summed E-state index contributed by atoms with van der Waals surface area (Å²) in [6, 6.07) is 21.9. The molecule has 0 nitrogen and oxygen atoms in total. The zero-order valence-electron chi connectivity index (χ0n) is 12.5. The van der Waals surface area contributed by atoms with Crippen molar-refractivity contribution in [1.29, 1.82) is 0 Å². The lowest BCUT2D eigenvalue weighted by molar-refractivity contribution is 1.39. The van der Waals surface area contributed by atoms with Crippen LogP contribution in [0.3, 0.4) is 0 Å². The van der Waals surface area contributed by atoms with Crippen molar-refractivity contribution >= 4 is 32.4 Å². The van der Waals surface area contributed by atoms with Crippen molar-refractivity contribution in [2.45, 2.75) is 32.6 Å². The molecule has 0 heterocycles. The van der Waals surface area contributed by atoms with Gasteiger partial charge in [-0.3, -0.25) is 0 Å². The molecule has 0 aliphatic carbocycles. The zero-order chi connectivity index (χ0) is 13.9. The summed E-state index contributed by atoms with van der Waals surface area (Å²) >= 11 is 0. The fourth-order valence-electron chi connectivity index (χ4n) is 2.62. The van der Waals surface area contributed by atoms with E-state index in [4.69, 9.17) is 0 Å². The molecule has 0 saturated heterocycles. The van der Waals surface area contributed by atoms with Crippen LogP contribution in [0.4, 0.5) is 0 Å². The lowest BCUT2D eigenvalue weighted by Gasteiger charge is -2.27. The van der Waals surface area contributed by atoms with Gasteiger partial charge in [0.1, 0.15) is 8.07 Å². The number of hydrogen-bond donors (Lipinski definition) is 0. The molecule has 0 bridgehead atoms. The van der Waals surface area contributed by atoms with Crippen molar-refractivity contribution in [2.75, 3.05) is 0 Å². The van der Waals surface area contributed by atoms with Crippen molar-refractivity contribution in [2.24, 2.45) is 0 Å². The molecule has 2 rings (SSSR count). The summed E-state index contributed by atoms with van der Waals surface area (Å²) in [5.41, 5.74) is 0. The highest BCUT2D eigenvalue weighted by Crippen LogP contribution is 2.10. The predicted octanol–water partition coefficient (Wildman–Crippen LogP) is 2.59. The van der Waals surface area contributed by atoms with E-state index in [9.17, 15) is 0 Å². The van der Waals surface area contributed by atoms with E-state index in [2.05, 4.69) is 81.2 Å². The second-order valence-corrected chi connectivity index (χ2v) is 13.3. The molecule has 0 fully saturated rings. The maximum absolute atomic E-state index is 2.49. The fourth-order valence-corrected chi connectivity index (χ4v) is 6.56. The van der Waals surface area contributed by atoms with E-state index < -0.39 is 16.9 Å². The van der Waals surface area contributed by atoms with Crippen LogP contribution in [0.25, 0.3) is 0 Å². The Kier molecular flexibility index (Phi) is 4.43. The van der Waals surface area contributed by atoms with Gasteiger partial charge >= 0.3 is 0 Å². The summed E-state index contributed by atoms with van der Waals surface area (Å²) in [5.74, 6) is 0. The van der Waals surface area contributed by atoms with Gasteiger partial charge in [-0.25, -0.2) is 0 Å². The van der Waals surface area contributed by atoms with Crippen LogP contribution >= 0.6 is 0 Å². The normalized spacial score (nSPS) is 14.4. The van der Waals surface area contributed by atoms with Gasteiger partial charge in [0, 0.05) is 0 Å². The molecular formula is C17H24Si2. The minimum absolute atomic E-state index is 0.671. The van der Waals surface area contributed by atoms with Crippen LogP contribution < -0.4 is 15.6 Å². The van der Waals surface area contributed by atoms with Crippen LogP contribution in [0.2, 0.25) is 25.7 Å². The summed E-state index contributed by atoms with van der Waals surface area (Å²) in [7, 11) is -2.19. The second kappa shape index (κ2) is 5.89. The average Bonchev–Trinajstić information content (AvgIpc) is 2.47. The molecule has 0 amide bonds. The summed E-state index contributed by atoms with van der Waals surface area (Å²) in [6.45, 7) is 9.61. The highest BCUT2D eigenvalue weighted by Gasteiger charge is 2.29. The van der Waals surface area contributed by atoms with E-state index in [1.807, 2.05) is 0 Å². The molecule has 100 valence electrons. The molecule has 1 atom stereocenters. The Labute approximate surface area is 120 Å². The van der Waals surface area contributed by atoms with E-state index in [0.29, 0.717) is 0 Å². The van der Waals surface area contributed by atoms with Gasteiger partial charge in [0.25, 0.3) is 0 Å². The standard InChI is InChI=1S/C17H24Si2/c1-5-19(4,16-9-7-6-8-10-16)17-13-11-15(12-14-17)18(2)3/h6-14,18H,5H2,1-4H3. The van der Waals surface area contributed by atoms with Gasteiger partial charge in [0.2, 0.25) is 0 Å². The van der Waals surface area contributed by atoms with Gasteiger partial charge in [-0.05, 0) is 0 Å². The maximum atomic E-state index is 2.49. The van der Waals surface area contributed by atoms with Gasteiger partial charge in [-0.2, -0.15) is 0 Å². The predicted molar refractivity (Wildman–Crippen MR) is 92.8 cm³/mol. The molecule has 0 N–H and O–H groups in total. The van der Waals surface area contributed by atoms with Crippen LogP contribution in [0, 0.1) is 0 Å². The minimum atomic E-state index is -1.52. The fraction of sp³-hybridized carbons (Fsp3) is 0.294. The molecule has 19 heavy (non-hydrogen) atoms. The number of hydrogen-bond acceptors (Lipinski definition) is 0.